The highest BCUT2D eigenvalue weighted by Gasteiger charge is 2.38. The monoisotopic (exact) mass is 549 g/mol. The number of hydrogen-bond acceptors (Lipinski definition) is 7. The Hall–Kier alpha value is -2.97. The van der Waals surface area contributed by atoms with Crippen molar-refractivity contribution in [1.29, 1.82) is 0 Å². The third kappa shape index (κ3) is 7.27. The van der Waals surface area contributed by atoms with Crippen LogP contribution in [0.4, 0.5) is 24.8 Å². The van der Waals surface area contributed by atoms with E-state index in [1.165, 1.54) is 12.3 Å². The van der Waals surface area contributed by atoms with Crippen LogP contribution in [0.15, 0.2) is 29.3 Å². The molecule has 0 spiro atoms. The highest BCUT2D eigenvalue weighted by atomic mass is 35.5. The summed E-state index contributed by atoms with van der Waals surface area (Å²) in [6.45, 7) is 0.909. The SMILES string of the molecule is O=C(O)C(F)(F)F.O=C1CCCc2cc(Cl)c(S(=O)(=O)Nc3nccc(C4CCCCN4)n3)cc2N1. The first-order valence-corrected chi connectivity index (χ1v) is 12.7. The minimum absolute atomic E-state index is 0.00933. The van der Waals surface area contributed by atoms with Gasteiger partial charge < -0.3 is 15.7 Å². The number of anilines is 2. The molecule has 1 fully saturated rings. The molecule has 4 rings (SSSR count). The van der Waals surface area contributed by atoms with E-state index < -0.39 is 22.2 Å². The van der Waals surface area contributed by atoms with Gasteiger partial charge in [0.15, 0.2) is 0 Å². The van der Waals surface area contributed by atoms with Crippen LogP contribution in [0.5, 0.6) is 0 Å². The second-order valence-corrected chi connectivity index (χ2v) is 10.1. The van der Waals surface area contributed by atoms with Crippen LogP contribution >= 0.6 is 11.6 Å². The van der Waals surface area contributed by atoms with Gasteiger partial charge in [0.1, 0.15) is 4.90 Å². The molecule has 3 heterocycles. The third-order valence-corrected chi connectivity index (χ3v) is 7.18. The van der Waals surface area contributed by atoms with E-state index in [4.69, 9.17) is 21.5 Å². The van der Waals surface area contributed by atoms with E-state index >= 15 is 0 Å². The van der Waals surface area contributed by atoms with Crippen molar-refractivity contribution in [2.75, 3.05) is 16.6 Å². The molecule has 196 valence electrons. The normalized spacial score (nSPS) is 18.1. The Labute approximate surface area is 209 Å². The molecule has 4 N–H and O–H groups in total. The van der Waals surface area contributed by atoms with Gasteiger partial charge in [0.25, 0.3) is 10.0 Å². The molecule has 1 aromatic carbocycles. The summed E-state index contributed by atoms with van der Waals surface area (Å²) < 4.78 is 60.1. The number of piperidine rings is 1. The smallest absolute Gasteiger partial charge is 0.475 e. The van der Waals surface area contributed by atoms with E-state index in [0.29, 0.717) is 24.9 Å². The molecular formula is C21H23ClF3N5O5S. The van der Waals surface area contributed by atoms with Crippen molar-refractivity contribution >= 4 is 45.1 Å². The zero-order valence-corrected chi connectivity index (χ0v) is 20.3. The zero-order chi connectivity index (χ0) is 26.5. The first-order valence-electron chi connectivity index (χ1n) is 10.9. The molecule has 0 aliphatic carbocycles. The van der Waals surface area contributed by atoms with Gasteiger partial charge in [0.05, 0.1) is 10.7 Å². The molecule has 2 aliphatic rings. The van der Waals surface area contributed by atoms with Crippen LogP contribution in [0.2, 0.25) is 5.02 Å². The lowest BCUT2D eigenvalue weighted by Gasteiger charge is -2.23. The molecule has 1 saturated heterocycles. The predicted molar refractivity (Wildman–Crippen MR) is 124 cm³/mol. The number of halogens is 4. The lowest BCUT2D eigenvalue weighted by molar-refractivity contribution is -0.192. The molecule has 0 saturated carbocycles. The number of fused-ring (bicyclic) bond motifs is 1. The Morgan fingerprint density at radius 2 is 1.92 bits per heavy atom. The van der Waals surface area contributed by atoms with Crippen LogP contribution in [0.1, 0.15) is 49.4 Å². The van der Waals surface area contributed by atoms with E-state index in [2.05, 4.69) is 25.3 Å². The molecule has 0 radical (unpaired) electrons. The number of amides is 1. The maximum absolute atomic E-state index is 13.0. The molecule has 1 amide bonds. The second-order valence-electron chi connectivity index (χ2n) is 8.06. The molecule has 1 atom stereocenters. The van der Waals surface area contributed by atoms with Crippen molar-refractivity contribution in [3.05, 3.63) is 40.7 Å². The van der Waals surface area contributed by atoms with Gasteiger partial charge >= 0.3 is 12.1 Å². The van der Waals surface area contributed by atoms with E-state index in [0.717, 1.165) is 37.1 Å². The van der Waals surface area contributed by atoms with Gasteiger partial charge in [-0.3, -0.25) is 4.79 Å². The third-order valence-electron chi connectivity index (χ3n) is 5.38. The molecule has 2 aromatic rings. The van der Waals surface area contributed by atoms with Crippen molar-refractivity contribution in [3.8, 4) is 0 Å². The Morgan fingerprint density at radius 3 is 2.56 bits per heavy atom. The Bertz CT molecular complexity index is 1240. The highest BCUT2D eigenvalue weighted by Crippen LogP contribution is 2.32. The number of aromatic nitrogens is 2. The fourth-order valence-corrected chi connectivity index (χ4v) is 5.20. The van der Waals surface area contributed by atoms with E-state index in [1.807, 2.05) is 0 Å². The summed E-state index contributed by atoms with van der Waals surface area (Å²) >= 11 is 6.27. The molecule has 36 heavy (non-hydrogen) atoms. The van der Waals surface area contributed by atoms with Crippen LogP contribution in [0, 0.1) is 0 Å². The number of nitrogens with zero attached hydrogens (tertiary/aromatic N) is 2. The van der Waals surface area contributed by atoms with Crippen LogP contribution < -0.4 is 15.4 Å². The number of carbonyl (C=O) groups excluding carboxylic acids is 1. The van der Waals surface area contributed by atoms with Crippen molar-refractivity contribution in [3.63, 3.8) is 0 Å². The lowest BCUT2D eigenvalue weighted by atomic mass is 10.0. The van der Waals surface area contributed by atoms with E-state index in [-0.39, 0.29) is 27.8 Å². The van der Waals surface area contributed by atoms with Crippen LogP contribution in [-0.2, 0) is 26.0 Å². The summed E-state index contributed by atoms with van der Waals surface area (Å²) in [5.74, 6) is -2.91. The summed E-state index contributed by atoms with van der Waals surface area (Å²) in [4.78, 5) is 29.0. The minimum Gasteiger partial charge on any atom is -0.475 e. The summed E-state index contributed by atoms with van der Waals surface area (Å²) in [5, 5.41) is 13.4. The molecule has 2 aliphatic heterocycles. The van der Waals surface area contributed by atoms with Crippen LogP contribution in [0.25, 0.3) is 0 Å². The van der Waals surface area contributed by atoms with Gasteiger partial charge in [-0.25, -0.2) is 27.9 Å². The summed E-state index contributed by atoms with van der Waals surface area (Å²) in [6.07, 6.45) is 1.35. The van der Waals surface area contributed by atoms with Crippen LogP contribution in [-0.4, -0.2) is 48.1 Å². The number of rotatable bonds is 4. The number of carbonyl (C=O) groups is 2. The van der Waals surface area contributed by atoms with Crippen molar-refractivity contribution in [1.82, 2.24) is 15.3 Å². The van der Waals surface area contributed by atoms with Crippen molar-refractivity contribution in [2.24, 2.45) is 0 Å². The summed E-state index contributed by atoms with van der Waals surface area (Å²) in [7, 11) is -4.03. The number of carboxylic acid groups (broad SMARTS) is 1. The lowest BCUT2D eigenvalue weighted by Crippen LogP contribution is -2.28. The van der Waals surface area contributed by atoms with Gasteiger partial charge in [0, 0.05) is 24.3 Å². The molecule has 1 unspecified atom stereocenters. The van der Waals surface area contributed by atoms with E-state index in [1.54, 1.807) is 12.1 Å². The fraction of sp³-hybridized carbons (Fsp3) is 0.429. The van der Waals surface area contributed by atoms with Crippen molar-refractivity contribution < 1.29 is 36.3 Å². The van der Waals surface area contributed by atoms with Gasteiger partial charge in [0.2, 0.25) is 11.9 Å². The zero-order valence-electron chi connectivity index (χ0n) is 18.7. The highest BCUT2D eigenvalue weighted by molar-refractivity contribution is 7.92. The molecule has 15 heteroatoms. The number of hydrogen-bond donors (Lipinski definition) is 4. The largest absolute Gasteiger partial charge is 0.490 e. The van der Waals surface area contributed by atoms with Gasteiger partial charge in [-0.05, 0) is 56.0 Å². The molecular weight excluding hydrogens is 527 g/mol. The van der Waals surface area contributed by atoms with Crippen LogP contribution in [0.3, 0.4) is 0 Å². The topological polar surface area (TPSA) is 150 Å². The molecule has 10 nitrogen and oxygen atoms in total. The number of aryl methyl sites for hydroxylation is 1. The standard InChI is InChI=1S/C19H22ClN5O3S.C2HF3O2/c20-13-10-12-4-3-6-18(26)23-16(12)11-17(13)29(27,28)25-19-22-9-7-15(24-19)14-5-1-2-8-21-14;3-2(4,5)1(6)7/h7,9-11,14,21H,1-6,8H2,(H,23,26)(H,22,24,25);(H,6,7). The molecule has 1 aromatic heterocycles. The first-order chi connectivity index (χ1) is 16.9. The molecule has 0 bridgehead atoms. The Kier molecular flexibility index (Phi) is 8.74. The van der Waals surface area contributed by atoms with Gasteiger partial charge in [-0.2, -0.15) is 13.2 Å². The fourth-order valence-electron chi connectivity index (χ4n) is 3.67. The predicted octanol–water partition coefficient (Wildman–Crippen LogP) is 3.65. The maximum Gasteiger partial charge on any atom is 0.490 e. The number of aliphatic carboxylic acids is 1. The average molecular weight is 550 g/mol. The van der Waals surface area contributed by atoms with Gasteiger partial charge in [-0.1, -0.05) is 18.0 Å². The average Bonchev–Trinajstić information content (AvgIpc) is 2.99. The summed E-state index contributed by atoms with van der Waals surface area (Å²) in [6, 6.07) is 4.86. The van der Waals surface area contributed by atoms with E-state index in [9.17, 15) is 26.4 Å². The summed E-state index contributed by atoms with van der Waals surface area (Å²) in [5.41, 5.74) is 2.04. The number of benzene rings is 1. The Balaban J connectivity index is 0.000000454. The number of carboxylic acids is 1. The quantitative estimate of drug-likeness (QED) is 0.451. The Morgan fingerprint density at radius 1 is 1.19 bits per heavy atom. The number of nitrogens with one attached hydrogen (secondary N) is 3. The van der Waals surface area contributed by atoms with Gasteiger partial charge in [-0.15, -0.1) is 0 Å². The first kappa shape index (κ1) is 27.6. The maximum atomic E-state index is 13.0. The number of alkyl halides is 3. The van der Waals surface area contributed by atoms with Crippen molar-refractivity contribution in [2.45, 2.75) is 55.6 Å². The minimum atomic E-state index is -5.08. The number of sulfonamides is 1. The second kappa shape index (κ2) is 11.4.